The van der Waals surface area contributed by atoms with E-state index in [1.165, 1.54) is 23.5 Å². The molecule has 37 heavy (non-hydrogen) atoms. The molecule has 1 amide bonds. The number of amides is 1. The van der Waals surface area contributed by atoms with Crippen LogP contribution in [0.2, 0.25) is 0 Å². The van der Waals surface area contributed by atoms with E-state index in [1.54, 1.807) is 67.6 Å². The minimum absolute atomic E-state index is 0.108. The highest BCUT2D eigenvalue weighted by molar-refractivity contribution is 8.01. The first-order valence-corrected chi connectivity index (χ1v) is 12.5. The SMILES string of the molecule is CCOC(=O)/C(C#N)=C/c1ccc(Sc2nc3ccc(NC(=O)c4ccccc4)cc3s2)c([N+](=O)[O-])c1. The Morgan fingerprint density at radius 1 is 1.19 bits per heavy atom. The molecule has 0 aliphatic heterocycles. The lowest BCUT2D eigenvalue weighted by atomic mass is 10.1. The molecule has 11 heteroatoms. The molecule has 3 aromatic carbocycles. The van der Waals surface area contributed by atoms with Gasteiger partial charge in [-0.05, 0) is 55.0 Å². The molecule has 0 saturated carbocycles. The molecule has 0 bridgehead atoms. The van der Waals surface area contributed by atoms with Gasteiger partial charge in [-0.1, -0.05) is 36.0 Å². The standard InChI is InChI=1S/C26H18N4O5S2/c1-2-35-25(32)18(15-27)12-16-8-11-22(21(13-16)30(33)34)36-26-29-20-10-9-19(14-23(20)37-26)28-24(31)17-6-4-3-5-7-17/h3-14H,2H2,1H3,(H,28,31)/b18-12+. The number of nitro groups is 1. The molecule has 4 rings (SSSR count). The van der Waals surface area contributed by atoms with Crippen molar-refractivity contribution in [1.82, 2.24) is 4.98 Å². The predicted octanol–water partition coefficient (Wildman–Crippen LogP) is 6.08. The highest BCUT2D eigenvalue weighted by atomic mass is 32.2. The van der Waals surface area contributed by atoms with E-state index in [0.717, 1.165) is 16.5 Å². The van der Waals surface area contributed by atoms with Crippen molar-refractivity contribution < 1.29 is 19.2 Å². The minimum Gasteiger partial charge on any atom is -0.462 e. The van der Waals surface area contributed by atoms with Gasteiger partial charge in [-0.2, -0.15) is 5.26 Å². The Kier molecular flexibility index (Phi) is 7.92. The molecule has 0 aliphatic rings. The number of nitrogens with one attached hydrogen (secondary N) is 1. The van der Waals surface area contributed by atoms with Gasteiger partial charge in [0.25, 0.3) is 11.6 Å². The molecule has 0 unspecified atom stereocenters. The fourth-order valence-corrected chi connectivity index (χ4v) is 5.43. The molecule has 1 N–H and O–H groups in total. The third kappa shape index (κ3) is 6.19. The lowest BCUT2D eigenvalue weighted by Crippen LogP contribution is -2.11. The highest BCUT2D eigenvalue weighted by Crippen LogP contribution is 2.39. The average Bonchev–Trinajstić information content (AvgIpc) is 3.30. The zero-order valence-corrected chi connectivity index (χ0v) is 21.0. The van der Waals surface area contributed by atoms with Gasteiger partial charge in [0.05, 0.1) is 26.6 Å². The Labute approximate surface area is 219 Å². The van der Waals surface area contributed by atoms with E-state index in [2.05, 4.69) is 10.3 Å². The molecule has 184 valence electrons. The first-order chi connectivity index (χ1) is 17.9. The number of fused-ring (bicyclic) bond motifs is 1. The van der Waals surface area contributed by atoms with Crippen LogP contribution in [0.5, 0.6) is 0 Å². The average molecular weight is 531 g/mol. The van der Waals surface area contributed by atoms with Crippen molar-refractivity contribution in [2.45, 2.75) is 16.2 Å². The van der Waals surface area contributed by atoms with E-state index in [-0.39, 0.29) is 23.8 Å². The monoisotopic (exact) mass is 530 g/mol. The second-order valence-corrected chi connectivity index (χ2v) is 9.78. The van der Waals surface area contributed by atoms with E-state index >= 15 is 0 Å². The van der Waals surface area contributed by atoms with Crippen molar-refractivity contribution in [1.29, 1.82) is 5.26 Å². The molecule has 9 nitrogen and oxygen atoms in total. The van der Waals surface area contributed by atoms with Crippen molar-refractivity contribution in [2.24, 2.45) is 0 Å². The first kappa shape index (κ1) is 25.6. The number of hydrogen-bond donors (Lipinski definition) is 1. The van der Waals surface area contributed by atoms with Crippen LogP contribution >= 0.6 is 23.1 Å². The molecule has 0 aliphatic carbocycles. The number of rotatable bonds is 8. The molecular weight excluding hydrogens is 512 g/mol. The van der Waals surface area contributed by atoms with Crippen molar-refractivity contribution >= 4 is 62.6 Å². The summed E-state index contributed by atoms with van der Waals surface area (Å²) >= 11 is 2.47. The maximum Gasteiger partial charge on any atom is 0.348 e. The summed E-state index contributed by atoms with van der Waals surface area (Å²) in [6.45, 7) is 1.73. The molecular formula is C26H18N4O5S2. The number of nitriles is 1. The van der Waals surface area contributed by atoms with Crippen LogP contribution < -0.4 is 5.32 Å². The number of nitrogens with zero attached hydrogens (tertiary/aromatic N) is 3. The summed E-state index contributed by atoms with van der Waals surface area (Å²) < 4.78 is 6.22. The van der Waals surface area contributed by atoms with Crippen molar-refractivity contribution in [3.8, 4) is 6.07 Å². The molecule has 0 spiro atoms. The molecule has 1 heterocycles. The lowest BCUT2D eigenvalue weighted by Gasteiger charge is -2.04. The smallest absolute Gasteiger partial charge is 0.348 e. The van der Waals surface area contributed by atoms with Crippen LogP contribution in [0.3, 0.4) is 0 Å². The summed E-state index contributed by atoms with van der Waals surface area (Å²) in [7, 11) is 0. The number of aromatic nitrogens is 1. The fourth-order valence-electron chi connectivity index (χ4n) is 3.28. The number of nitro benzene ring substituents is 1. The summed E-state index contributed by atoms with van der Waals surface area (Å²) in [6.07, 6.45) is 1.25. The van der Waals surface area contributed by atoms with Crippen molar-refractivity contribution in [3.05, 3.63) is 93.5 Å². The summed E-state index contributed by atoms with van der Waals surface area (Å²) in [5, 5.41) is 23.8. The van der Waals surface area contributed by atoms with Gasteiger partial charge < -0.3 is 10.1 Å². The number of ether oxygens (including phenoxy) is 1. The van der Waals surface area contributed by atoms with E-state index in [9.17, 15) is 25.0 Å². The lowest BCUT2D eigenvalue weighted by molar-refractivity contribution is -0.387. The first-order valence-electron chi connectivity index (χ1n) is 10.9. The summed E-state index contributed by atoms with van der Waals surface area (Å²) in [5.41, 5.74) is 1.73. The van der Waals surface area contributed by atoms with E-state index in [4.69, 9.17) is 4.74 Å². The Bertz CT molecular complexity index is 1580. The van der Waals surface area contributed by atoms with Gasteiger partial charge in [-0.15, -0.1) is 11.3 Å². The largest absolute Gasteiger partial charge is 0.462 e. The topological polar surface area (TPSA) is 135 Å². The predicted molar refractivity (Wildman–Crippen MR) is 141 cm³/mol. The number of benzene rings is 3. The van der Waals surface area contributed by atoms with Gasteiger partial charge in [0.2, 0.25) is 0 Å². The Morgan fingerprint density at radius 3 is 2.68 bits per heavy atom. The molecule has 4 aromatic rings. The summed E-state index contributed by atoms with van der Waals surface area (Å²) in [4.78, 5) is 40.4. The van der Waals surface area contributed by atoms with Gasteiger partial charge in [-0.3, -0.25) is 14.9 Å². The third-order valence-corrected chi connectivity index (χ3v) is 7.11. The van der Waals surface area contributed by atoms with E-state index in [1.807, 2.05) is 6.07 Å². The van der Waals surface area contributed by atoms with Crippen LogP contribution in [0, 0.1) is 21.4 Å². The second-order valence-electron chi connectivity index (χ2n) is 7.46. The molecule has 0 fully saturated rings. The minimum atomic E-state index is -0.792. The summed E-state index contributed by atoms with van der Waals surface area (Å²) in [5.74, 6) is -1.02. The quantitative estimate of drug-likeness (QED) is 0.0952. The summed E-state index contributed by atoms with van der Waals surface area (Å²) in [6, 6.07) is 20.4. The molecule has 1 aromatic heterocycles. The van der Waals surface area contributed by atoms with Gasteiger partial charge in [0.1, 0.15) is 11.6 Å². The van der Waals surface area contributed by atoms with Gasteiger partial charge in [0, 0.05) is 17.3 Å². The van der Waals surface area contributed by atoms with Crippen LogP contribution in [0.1, 0.15) is 22.8 Å². The number of carbonyl (C=O) groups is 2. The number of carbonyl (C=O) groups excluding carboxylic acids is 2. The van der Waals surface area contributed by atoms with Crippen LogP contribution in [-0.2, 0) is 9.53 Å². The van der Waals surface area contributed by atoms with Gasteiger partial charge >= 0.3 is 5.97 Å². The number of anilines is 1. The zero-order chi connectivity index (χ0) is 26.4. The zero-order valence-electron chi connectivity index (χ0n) is 19.3. The van der Waals surface area contributed by atoms with Crippen LogP contribution in [0.4, 0.5) is 11.4 Å². The van der Waals surface area contributed by atoms with Crippen molar-refractivity contribution in [2.75, 3.05) is 11.9 Å². The number of hydrogen-bond acceptors (Lipinski definition) is 9. The fraction of sp³-hybridized carbons (Fsp3) is 0.0769. The molecule has 0 atom stereocenters. The third-order valence-electron chi connectivity index (χ3n) is 4.97. The second kappa shape index (κ2) is 11.5. The van der Waals surface area contributed by atoms with E-state index < -0.39 is 10.9 Å². The van der Waals surface area contributed by atoms with Crippen LogP contribution in [0.15, 0.2) is 81.5 Å². The highest BCUT2D eigenvalue weighted by Gasteiger charge is 2.19. The maximum atomic E-state index is 12.4. The number of thiazole rings is 1. The Morgan fingerprint density at radius 2 is 1.97 bits per heavy atom. The van der Waals surface area contributed by atoms with Crippen molar-refractivity contribution in [3.63, 3.8) is 0 Å². The normalized spacial score (nSPS) is 11.1. The maximum absolute atomic E-state index is 12.4. The van der Waals surface area contributed by atoms with Gasteiger partial charge in [0.15, 0.2) is 4.34 Å². The van der Waals surface area contributed by atoms with Crippen LogP contribution in [-0.4, -0.2) is 28.4 Å². The Hall–Kier alpha value is -4.53. The molecule has 0 radical (unpaired) electrons. The Balaban J connectivity index is 1.57. The number of esters is 1. The molecule has 0 saturated heterocycles. The van der Waals surface area contributed by atoms with E-state index in [0.29, 0.717) is 31.6 Å². The van der Waals surface area contributed by atoms with Crippen LogP contribution in [0.25, 0.3) is 16.3 Å². The van der Waals surface area contributed by atoms with Gasteiger partial charge in [-0.25, -0.2) is 9.78 Å².